The Morgan fingerprint density at radius 3 is 2.29 bits per heavy atom. The van der Waals surface area contributed by atoms with Gasteiger partial charge in [-0.25, -0.2) is 0 Å². The molecule has 0 bridgehead atoms. The summed E-state index contributed by atoms with van der Waals surface area (Å²) in [5, 5.41) is 0. The van der Waals surface area contributed by atoms with Gasteiger partial charge in [-0.3, -0.25) is 4.79 Å². The number of carbonyl (C=O) groups excluding carboxylic acids is 1. The Hall–Kier alpha value is -2.49. The lowest BCUT2D eigenvalue weighted by molar-refractivity contribution is -0.133. The summed E-state index contributed by atoms with van der Waals surface area (Å²) in [6.07, 6.45) is 0.199. The lowest BCUT2D eigenvalue weighted by Gasteiger charge is -2.10. The maximum atomic E-state index is 12.0. The van der Waals surface area contributed by atoms with E-state index < -0.39 is 0 Å². The van der Waals surface area contributed by atoms with Crippen LogP contribution in [-0.4, -0.2) is 19.7 Å². The van der Waals surface area contributed by atoms with Crippen molar-refractivity contribution in [1.29, 1.82) is 0 Å². The normalized spacial score (nSPS) is 10.0. The van der Waals surface area contributed by atoms with Gasteiger partial charge in [0.15, 0.2) is 11.5 Å². The minimum absolute atomic E-state index is 0.199. The maximum Gasteiger partial charge on any atom is 0.315 e. The van der Waals surface area contributed by atoms with Crippen LogP contribution in [0.25, 0.3) is 0 Å². The molecule has 0 saturated heterocycles. The van der Waals surface area contributed by atoms with Gasteiger partial charge < -0.3 is 14.2 Å². The van der Waals surface area contributed by atoms with Gasteiger partial charge in [0.2, 0.25) is 0 Å². The zero-order valence-electron chi connectivity index (χ0n) is 12.2. The van der Waals surface area contributed by atoms with Gasteiger partial charge in [-0.2, -0.15) is 0 Å². The van der Waals surface area contributed by atoms with Gasteiger partial charge in [-0.1, -0.05) is 24.3 Å². The molecule has 0 N–H and O–H groups in total. The average molecular weight is 286 g/mol. The molecule has 0 atom stereocenters. The molecule has 0 amide bonds. The van der Waals surface area contributed by atoms with Gasteiger partial charge in [0.05, 0.1) is 20.1 Å². The van der Waals surface area contributed by atoms with Crippen LogP contribution in [0.1, 0.15) is 12.5 Å². The summed E-state index contributed by atoms with van der Waals surface area (Å²) in [5.41, 5.74) is 0.870. The summed E-state index contributed by atoms with van der Waals surface area (Å²) in [5.74, 6) is 1.45. The summed E-state index contributed by atoms with van der Waals surface area (Å²) in [6, 6.07) is 14.5. The predicted octanol–water partition coefficient (Wildman–Crippen LogP) is 3.24. The number of para-hydroxylation sites is 2. The highest BCUT2D eigenvalue weighted by Crippen LogP contribution is 2.26. The number of hydrogen-bond donors (Lipinski definition) is 0. The molecule has 4 nitrogen and oxygen atoms in total. The van der Waals surface area contributed by atoms with E-state index in [1.807, 2.05) is 37.3 Å². The minimum Gasteiger partial charge on any atom is -0.497 e. The Labute approximate surface area is 124 Å². The van der Waals surface area contributed by atoms with E-state index in [2.05, 4.69) is 0 Å². The van der Waals surface area contributed by atoms with Crippen LogP contribution in [0, 0.1) is 0 Å². The van der Waals surface area contributed by atoms with Crippen LogP contribution >= 0.6 is 0 Å². The number of carbonyl (C=O) groups is 1. The zero-order chi connectivity index (χ0) is 15.1. The number of ether oxygens (including phenoxy) is 3. The summed E-state index contributed by atoms with van der Waals surface area (Å²) in [6.45, 7) is 2.41. The van der Waals surface area contributed by atoms with Crippen molar-refractivity contribution < 1.29 is 19.0 Å². The monoisotopic (exact) mass is 286 g/mol. The van der Waals surface area contributed by atoms with Crippen molar-refractivity contribution in [2.45, 2.75) is 13.3 Å². The molecule has 2 aromatic carbocycles. The van der Waals surface area contributed by atoms with Crippen molar-refractivity contribution in [3.63, 3.8) is 0 Å². The molecule has 4 heteroatoms. The van der Waals surface area contributed by atoms with Crippen LogP contribution in [0.2, 0.25) is 0 Å². The number of methoxy groups -OCH3 is 1. The molecule has 0 unspecified atom stereocenters. The van der Waals surface area contributed by atoms with Gasteiger partial charge in [-0.15, -0.1) is 0 Å². The summed E-state index contributed by atoms with van der Waals surface area (Å²) >= 11 is 0. The standard InChI is InChI=1S/C17H18O4/c1-3-20-15-6-4-5-7-16(15)21-17(18)12-13-8-10-14(19-2)11-9-13/h4-11H,3,12H2,1-2H3. The zero-order valence-corrected chi connectivity index (χ0v) is 12.2. The van der Waals surface area contributed by atoms with E-state index in [1.54, 1.807) is 25.3 Å². The van der Waals surface area contributed by atoms with Gasteiger partial charge in [-0.05, 0) is 36.8 Å². The Bertz CT molecular complexity index is 590. The highest BCUT2D eigenvalue weighted by Gasteiger charge is 2.10. The number of benzene rings is 2. The molecule has 0 radical (unpaired) electrons. The molecule has 0 aliphatic carbocycles. The first-order valence-electron chi connectivity index (χ1n) is 6.78. The van der Waals surface area contributed by atoms with E-state index in [-0.39, 0.29) is 12.4 Å². The molecule has 0 aromatic heterocycles. The van der Waals surface area contributed by atoms with Crippen LogP contribution in [0.15, 0.2) is 48.5 Å². The van der Waals surface area contributed by atoms with Gasteiger partial charge in [0.1, 0.15) is 5.75 Å². The maximum absolute atomic E-state index is 12.0. The number of esters is 1. The van der Waals surface area contributed by atoms with Crippen molar-refractivity contribution in [3.8, 4) is 17.2 Å². The van der Waals surface area contributed by atoms with E-state index in [1.165, 1.54) is 0 Å². The van der Waals surface area contributed by atoms with E-state index in [9.17, 15) is 4.79 Å². The topological polar surface area (TPSA) is 44.8 Å². The van der Waals surface area contributed by atoms with Crippen molar-refractivity contribution in [2.75, 3.05) is 13.7 Å². The van der Waals surface area contributed by atoms with E-state index in [0.29, 0.717) is 18.1 Å². The van der Waals surface area contributed by atoms with Crippen LogP contribution in [0.5, 0.6) is 17.2 Å². The third-order valence-corrected chi connectivity index (χ3v) is 2.88. The molecule has 0 aliphatic heterocycles. The molecular weight excluding hydrogens is 268 g/mol. The van der Waals surface area contributed by atoms with Crippen LogP contribution in [-0.2, 0) is 11.2 Å². The third-order valence-electron chi connectivity index (χ3n) is 2.88. The molecule has 0 spiro atoms. The number of hydrogen-bond acceptors (Lipinski definition) is 4. The third kappa shape index (κ3) is 4.24. The quantitative estimate of drug-likeness (QED) is 0.604. The Morgan fingerprint density at radius 1 is 1.00 bits per heavy atom. The SMILES string of the molecule is CCOc1ccccc1OC(=O)Cc1ccc(OC)cc1. The molecule has 21 heavy (non-hydrogen) atoms. The Morgan fingerprint density at radius 2 is 1.67 bits per heavy atom. The fraction of sp³-hybridized carbons (Fsp3) is 0.235. The summed E-state index contributed by atoms with van der Waals surface area (Å²) in [4.78, 5) is 12.0. The fourth-order valence-corrected chi connectivity index (χ4v) is 1.88. The van der Waals surface area contributed by atoms with Gasteiger partial charge in [0, 0.05) is 0 Å². The van der Waals surface area contributed by atoms with Crippen molar-refractivity contribution in [3.05, 3.63) is 54.1 Å². The van der Waals surface area contributed by atoms with Crippen LogP contribution < -0.4 is 14.2 Å². The second-order valence-electron chi connectivity index (χ2n) is 4.38. The predicted molar refractivity (Wildman–Crippen MR) is 79.9 cm³/mol. The first-order valence-corrected chi connectivity index (χ1v) is 6.78. The second kappa shape index (κ2) is 7.33. The van der Waals surface area contributed by atoms with Gasteiger partial charge in [0.25, 0.3) is 0 Å². The molecule has 110 valence electrons. The lowest BCUT2D eigenvalue weighted by atomic mass is 10.1. The van der Waals surface area contributed by atoms with Crippen molar-refractivity contribution in [2.24, 2.45) is 0 Å². The smallest absolute Gasteiger partial charge is 0.315 e. The molecule has 2 rings (SSSR count). The Balaban J connectivity index is 2.01. The minimum atomic E-state index is -0.327. The van der Waals surface area contributed by atoms with Gasteiger partial charge >= 0.3 is 5.97 Å². The molecule has 0 saturated carbocycles. The molecule has 0 heterocycles. The fourth-order valence-electron chi connectivity index (χ4n) is 1.88. The van der Waals surface area contributed by atoms with E-state index >= 15 is 0 Å². The largest absolute Gasteiger partial charge is 0.497 e. The Kier molecular flexibility index (Phi) is 5.21. The van der Waals surface area contributed by atoms with Crippen LogP contribution in [0.4, 0.5) is 0 Å². The lowest BCUT2D eigenvalue weighted by Crippen LogP contribution is -2.12. The summed E-state index contributed by atoms with van der Waals surface area (Å²) < 4.78 is 15.9. The van der Waals surface area contributed by atoms with Crippen LogP contribution in [0.3, 0.4) is 0 Å². The van der Waals surface area contributed by atoms with Crippen molar-refractivity contribution in [1.82, 2.24) is 0 Å². The van der Waals surface area contributed by atoms with Crippen molar-refractivity contribution >= 4 is 5.97 Å². The van der Waals surface area contributed by atoms with E-state index in [0.717, 1.165) is 11.3 Å². The molecular formula is C17H18O4. The summed E-state index contributed by atoms with van der Waals surface area (Å²) in [7, 11) is 1.61. The molecule has 0 aliphatic rings. The first kappa shape index (κ1) is 14.9. The highest BCUT2D eigenvalue weighted by molar-refractivity contribution is 5.76. The number of rotatable bonds is 6. The second-order valence-corrected chi connectivity index (χ2v) is 4.38. The highest BCUT2D eigenvalue weighted by atomic mass is 16.6. The van der Waals surface area contributed by atoms with E-state index in [4.69, 9.17) is 14.2 Å². The molecule has 0 fully saturated rings. The first-order chi connectivity index (χ1) is 10.2. The average Bonchev–Trinajstić information content (AvgIpc) is 2.50. The molecule has 2 aromatic rings.